The lowest BCUT2D eigenvalue weighted by Gasteiger charge is -2.63. The molecule has 34 heavy (non-hydrogen) atoms. The lowest BCUT2D eigenvalue weighted by molar-refractivity contribution is -0.137. The maximum Gasteiger partial charge on any atom is 0.417 e. The molecule has 2 unspecified atom stereocenters. The van der Waals surface area contributed by atoms with Gasteiger partial charge in [0.15, 0.2) is 0 Å². The first-order chi connectivity index (χ1) is 16.1. The number of nitriles is 1. The molecule has 6 rings (SSSR count). The van der Waals surface area contributed by atoms with Gasteiger partial charge in [0.2, 0.25) is 0 Å². The van der Waals surface area contributed by atoms with E-state index < -0.39 is 11.7 Å². The molecule has 182 valence electrons. The van der Waals surface area contributed by atoms with Gasteiger partial charge in [0, 0.05) is 24.1 Å². The first-order valence-electron chi connectivity index (χ1n) is 12.5. The molecule has 0 aromatic carbocycles. The molecule has 4 nitrogen and oxygen atoms in total. The van der Waals surface area contributed by atoms with Gasteiger partial charge in [-0.1, -0.05) is 25.0 Å². The molecule has 0 aliphatic heterocycles. The predicted octanol–water partition coefficient (Wildman–Crippen LogP) is 6.70. The third-order valence-corrected chi connectivity index (χ3v) is 9.03. The van der Waals surface area contributed by atoms with E-state index >= 15 is 0 Å². The van der Waals surface area contributed by atoms with E-state index in [4.69, 9.17) is 0 Å². The monoisotopic (exact) mass is 471 g/mol. The largest absolute Gasteiger partial charge is 0.417 e. The molecule has 1 aromatic rings. The fourth-order valence-electron chi connectivity index (χ4n) is 7.93. The number of rotatable bonds is 6. The molecule has 0 amide bonds. The summed E-state index contributed by atoms with van der Waals surface area (Å²) in [4.78, 5) is 17.3. The van der Waals surface area contributed by atoms with Crippen LogP contribution < -0.4 is 5.32 Å². The van der Waals surface area contributed by atoms with E-state index in [0.717, 1.165) is 75.6 Å². The van der Waals surface area contributed by atoms with Gasteiger partial charge in [-0.3, -0.25) is 4.79 Å². The molecule has 4 atom stereocenters. The van der Waals surface area contributed by atoms with E-state index in [9.17, 15) is 23.2 Å². The number of nitrogens with zero attached hydrogens (tertiary/aromatic N) is 2. The van der Waals surface area contributed by atoms with Crippen LogP contribution in [0.1, 0.15) is 76.2 Å². The van der Waals surface area contributed by atoms with Crippen LogP contribution in [-0.4, -0.2) is 16.3 Å². The van der Waals surface area contributed by atoms with Gasteiger partial charge in [0.1, 0.15) is 11.6 Å². The van der Waals surface area contributed by atoms with E-state index in [1.807, 2.05) is 0 Å². The number of Topliss-reactive ketones (excluding diaryl/α,β-unsaturated/α-hetero) is 1. The second-order valence-corrected chi connectivity index (χ2v) is 11.4. The van der Waals surface area contributed by atoms with Gasteiger partial charge in [-0.05, 0) is 80.8 Å². The van der Waals surface area contributed by atoms with Crippen LogP contribution in [0.3, 0.4) is 0 Å². The Morgan fingerprint density at radius 3 is 2.50 bits per heavy atom. The van der Waals surface area contributed by atoms with Gasteiger partial charge >= 0.3 is 6.18 Å². The lowest BCUT2D eigenvalue weighted by atomic mass is 9.45. The van der Waals surface area contributed by atoms with E-state index in [-0.39, 0.29) is 28.6 Å². The average molecular weight is 472 g/mol. The van der Waals surface area contributed by atoms with Crippen LogP contribution in [0.5, 0.6) is 0 Å². The first kappa shape index (κ1) is 23.4. The quantitative estimate of drug-likeness (QED) is 0.469. The van der Waals surface area contributed by atoms with Crippen LogP contribution in [0, 0.1) is 40.4 Å². The summed E-state index contributed by atoms with van der Waals surface area (Å²) in [7, 11) is 0. The van der Waals surface area contributed by atoms with E-state index in [2.05, 4.69) is 22.9 Å². The van der Waals surface area contributed by atoms with Crippen LogP contribution in [0.4, 0.5) is 19.0 Å². The zero-order valence-electron chi connectivity index (χ0n) is 19.5. The number of alkyl halides is 3. The smallest absolute Gasteiger partial charge is 0.365 e. The Hall–Kier alpha value is -2.36. The van der Waals surface area contributed by atoms with Gasteiger partial charge in [0.25, 0.3) is 0 Å². The molecule has 5 fully saturated rings. The fourth-order valence-corrected chi connectivity index (χ4v) is 7.93. The fraction of sp³-hybridized carbons (Fsp3) is 0.667. The summed E-state index contributed by atoms with van der Waals surface area (Å²) in [6.45, 7) is 4.44. The Kier molecular flexibility index (Phi) is 5.77. The summed E-state index contributed by atoms with van der Waals surface area (Å²) in [6, 6.07) is 4.86. The van der Waals surface area contributed by atoms with Crippen molar-refractivity contribution in [2.24, 2.45) is 29.1 Å². The molecule has 5 aliphatic carbocycles. The Morgan fingerprint density at radius 1 is 1.18 bits per heavy atom. The number of pyridine rings is 1. The predicted molar refractivity (Wildman–Crippen MR) is 123 cm³/mol. The van der Waals surface area contributed by atoms with Gasteiger partial charge in [-0.25, -0.2) is 4.98 Å². The highest BCUT2D eigenvalue weighted by Crippen LogP contribution is 2.65. The molecule has 0 saturated heterocycles. The van der Waals surface area contributed by atoms with Crippen molar-refractivity contribution >= 4 is 11.6 Å². The third kappa shape index (κ3) is 4.25. The molecule has 1 aromatic heterocycles. The molecular formula is C27H32F3N3O. The van der Waals surface area contributed by atoms with Crippen LogP contribution in [0.2, 0.25) is 0 Å². The number of halogens is 3. The maximum atomic E-state index is 13.2. The minimum absolute atomic E-state index is 0.116. The second-order valence-electron chi connectivity index (χ2n) is 11.4. The molecule has 5 saturated carbocycles. The molecule has 0 spiro atoms. The first-order valence-corrected chi connectivity index (χ1v) is 12.5. The topological polar surface area (TPSA) is 65.8 Å². The van der Waals surface area contributed by atoms with Crippen LogP contribution in [0.15, 0.2) is 30.5 Å². The van der Waals surface area contributed by atoms with Crippen molar-refractivity contribution in [3.05, 3.63) is 36.0 Å². The molecule has 4 bridgehead atoms. The molecule has 1 heterocycles. The zero-order chi connectivity index (χ0) is 24.1. The standard InChI is InChI=1S/C27H32F3N3O/c1-17(8-23(34)22-5-3-2-4-20(22)14-31)25-10-18-9-19(11-25)13-26(12-18,16-25)33-24-7-6-21(15-32-24)27(28,29)30/h6-7,15,18-20,22H,1-5,8-13,16H2,(H,32,33)/t18?,19?,20-,22+,25?,26?/m0/s1. The van der Waals surface area contributed by atoms with Crippen molar-refractivity contribution < 1.29 is 18.0 Å². The van der Waals surface area contributed by atoms with Crippen molar-refractivity contribution in [3.63, 3.8) is 0 Å². The summed E-state index contributed by atoms with van der Waals surface area (Å²) >= 11 is 0. The summed E-state index contributed by atoms with van der Waals surface area (Å²) < 4.78 is 38.8. The highest BCUT2D eigenvalue weighted by molar-refractivity contribution is 5.84. The highest BCUT2D eigenvalue weighted by Gasteiger charge is 2.58. The highest BCUT2D eigenvalue weighted by atomic mass is 19.4. The molecule has 0 radical (unpaired) electrons. The zero-order valence-corrected chi connectivity index (χ0v) is 19.5. The number of anilines is 1. The van der Waals surface area contributed by atoms with Crippen molar-refractivity contribution in [2.75, 3.05) is 5.32 Å². The van der Waals surface area contributed by atoms with Crippen molar-refractivity contribution in [1.82, 2.24) is 4.98 Å². The van der Waals surface area contributed by atoms with Crippen LogP contribution >= 0.6 is 0 Å². The summed E-state index contributed by atoms with van der Waals surface area (Å²) in [5, 5.41) is 13.0. The molecule has 7 heteroatoms. The number of allylic oxidation sites excluding steroid dienone is 1. The van der Waals surface area contributed by atoms with Crippen molar-refractivity contribution in [2.45, 2.75) is 82.3 Å². The maximum absolute atomic E-state index is 13.2. The van der Waals surface area contributed by atoms with E-state index in [1.165, 1.54) is 12.5 Å². The van der Waals surface area contributed by atoms with Gasteiger partial charge in [0.05, 0.1) is 17.6 Å². The molecular weight excluding hydrogens is 439 g/mol. The number of nitrogens with one attached hydrogen (secondary N) is 1. The van der Waals surface area contributed by atoms with E-state index in [0.29, 0.717) is 24.1 Å². The molecule has 1 N–H and O–H groups in total. The summed E-state index contributed by atoms with van der Waals surface area (Å²) in [6.07, 6.45) is 6.51. The van der Waals surface area contributed by atoms with Gasteiger partial charge in [-0.2, -0.15) is 18.4 Å². The number of hydrogen-bond acceptors (Lipinski definition) is 4. The third-order valence-electron chi connectivity index (χ3n) is 9.03. The van der Waals surface area contributed by atoms with Crippen molar-refractivity contribution in [3.8, 4) is 6.07 Å². The Bertz CT molecular complexity index is 995. The summed E-state index contributed by atoms with van der Waals surface area (Å²) in [5.41, 5.74) is -0.0797. The lowest BCUT2D eigenvalue weighted by Crippen LogP contribution is -2.59. The van der Waals surface area contributed by atoms with Gasteiger partial charge in [-0.15, -0.1) is 0 Å². The number of carbonyl (C=O) groups excluding carboxylic acids is 1. The normalized spacial score (nSPS) is 36.6. The number of hydrogen-bond donors (Lipinski definition) is 1. The van der Waals surface area contributed by atoms with Crippen LogP contribution in [0.25, 0.3) is 0 Å². The Balaban J connectivity index is 1.33. The Labute approximate surface area is 199 Å². The second kappa shape index (κ2) is 8.39. The minimum Gasteiger partial charge on any atom is -0.365 e. The summed E-state index contributed by atoms with van der Waals surface area (Å²) in [5.74, 6) is 1.34. The number of aromatic nitrogens is 1. The van der Waals surface area contributed by atoms with Crippen molar-refractivity contribution in [1.29, 1.82) is 5.26 Å². The van der Waals surface area contributed by atoms with Crippen LogP contribution in [-0.2, 0) is 11.0 Å². The van der Waals surface area contributed by atoms with E-state index in [1.54, 1.807) is 0 Å². The number of carbonyl (C=O) groups is 1. The van der Waals surface area contributed by atoms with Gasteiger partial charge < -0.3 is 5.32 Å². The minimum atomic E-state index is -4.40. The SMILES string of the molecule is C=C(CC(=O)[C@@H]1CCCC[C@H]1C#N)C12CC3CC(CC(Nc4ccc(C(F)(F)F)cn4)(C3)C1)C2. The average Bonchev–Trinajstić information content (AvgIpc) is 2.77. The molecule has 5 aliphatic rings. The number of ketones is 1. The Morgan fingerprint density at radius 2 is 1.88 bits per heavy atom.